The van der Waals surface area contributed by atoms with Gasteiger partial charge in [0.05, 0.1) is 12.2 Å². The lowest BCUT2D eigenvalue weighted by Gasteiger charge is -2.06. The van der Waals surface area contributed by atoms with Crippen molar-refractivity contribution in [2.24, 2.45) is 0 Å². The Bertz CT molecular complexity index is 523. The van der Waals surface area contributed by atoms with Crippen molar-refractivity contribution in [2.75, 3.05) is 12.3 Å². The first-order chi connectivity index (χ1) is 8.22. The minimum atomic E-state index is -0.342. The van der Waals surface area contributed by atoms with Crippen LogP contribution in [0.4, 0.5) is 5.69 Å². The molecule has 0 atom stereocenters. The van der Waals surface area contributed by atoms with Crippen molar-refractivity contribution < 1.29 is 9.53 Å². The smallest absolute Gasteiger partial charge is 0.338 e. The SMILES string of the molecule is CCOC(=O)c1ccc(N)c(-c2nccs2)c1. The lowest BCUT2D eigenvalue weighted by Crippen LogP contribution is -2.05. The summed E-state index contributed by atoms with van der Waals surface area (Å²) in [5.41, 5.74) is 7.73. The van der Waals surface area contributed by atoms with Crippen LogP contribution in [0.25, 0.3) is 10.6 Å². The maximum Gasteiger partial charge on any atom is 0.338 e. The Balaban J connectivity index is 2.40. The maximum absolute atomic E-state index is 11.6. The van der Waals surface area contributed by atoms with Gasteiger partial charge in [-0.25, -0.2) is 9.78 Å². The Kier molecular flexibility index (Phi) is 3.39. The van der Waals surface area contributed by atoms with Gasteiger partial charge in [0.2, 0.25) is 0 Å². The number of nitrogen functional groups attached to an aromatic ring is 1. The number of carbonyl (C=O) groups excluding carboxylic acids is 1. The van der Waals surface area contributed by atoms with Crippen LogP contribution < -0.4 is 5.73 Å². The number of benzene rings is 1. The molecule has 2 N–H and O–H groups in total. The summed E-state index contributed by atoms with van der Waals surface area (Å²) in [5, 5.41) is 2.67. The number of rotatable bonds is 3. The number of anilines is 1. The molecule has 1 aromatic heterocycles. The molecule has 0 amide bonds. The average molecular weight is 248 g/mol. The van der Waals surface area contributed by atoms with Crippen LogP contribution in [0.3, 0.4) is 0 Å². The van der Waals surface area contributed by atoms with Crippen LogP contribution in [0.1, 0.15) is 17.3 Å². The highest BCUT2D eigenvalue weighted by Gasteiger charge is 2.11. The van der Waals surface area contributed by atoms with Crippen LogP contribution in [0.5, 0.6) is 0 Å². The van der Waals surface area contributed by atoms with Gasteiger partial charge >= 0.3 is 5.97 Å². The monoisotopic (exact) mass is 248 g/mol. The Hall–Kier alpha value is -1.88. The first-order valence-corrected chi connectivity index (χ1v) is 6.07. The predicted molar refractivity (Wildman–Crippen MR) is 67.9 cm³/mol. The fourth-order valence-corrected chi connectivity index (χ4v) is 2.12. The number of nitrogens with two attached hydrogens (primary N) is 1. The van der Waals surface area contributed by atoms with Crippen molar-refractivity contribution in [1.82, 2.24) is 4.98 Å². The average Bonchev–Trinajstić information content (AvgIpc) is 2.83. The molecule has 88 valence electrons. The molecule has 2 aromatic rings. The van der Waals surface area contributed by atoms with E-state index in [-0.39, 0.29) is 5.97 Å². The molecule has 0 fully saturated rings. The van der Waals surface area contributed by atoms with Gasteiger partial charge in [0.15, 0.2) is 0 Å². The number of esters is 1. The van der Waals surface area contributed by atoms with Crippen molar-refractivity contribution in [3.8, 4) is 10.6 Å². The second kappa shape index (κ2) is 4.97. The zero-order valence-corrected chi connectivity index (χ0v) is 10.2. The molecule has 0 aliphatic rings. The zero-order valence-electron chi connectivity index (χ0n) is 9.34. The molecule has 0 unspecified atom stereocenters. The molecule has 0 aliphatic heterocycles. The normalized spacial score (nSPS) is 10.2. The van der Waals surface area contributed by atoms with Gasteiger partial charge in [0.1, 0.15) is 5.01 Å². The zero-order chi connectivity index (χ0) is 12.3. The molecular weight excluding hydrogens is 236 g/mol. The summed E-state index contributed by atoms with van der Waals surface area (Å²) in [6.07, 6.45) is 1.70. The first kappa shape index (κ1) is 11.6. The van der Waals surface area contributed by atoms with E-state index in [0.717, 1.165) is 10.6 Å². The molecule has 4 nitrogen and oxygen atoms in total. The van der Waals surface area contributed by atoms with E-state index in [0.29, 0.717) is 17.9 Å². The highest BCUT2D eigenvalue weighted by molar-refractivity contribution is 7.13. The summed E-state index contributed by atoms with van der Waals surface area (Å²) >= 11 is 1.48. The Morgan fingerprint density at radius 3 is 3.00 bits per heavy atom. The molecule has 2 rings (SSSR count). The van der Waals surface area contributed by atoms with Gasteiger partial charge in [-0.3, -0.25) is 0 Å². The van der Waals surface area contributed by atoms with Crippen LogP contribution in [0.15, 0.2) is 29.8 Å². The van der Waals surface area contributed by atoms with Gasteiger partial charge in [-0.05, 0) is 25.1 Å². The van der Waals surface area contributed by atoms with E-state index < -0.39 is 0 Å². The number of thiazole rings is 1. The van der Waals surface area contributed by atoms with Crippen molar-refractivity contribution in [2.45, 2.75) is 6.92 Å². The third-order valence-electron chi connectivity index (χ3n) is 2.23. The van der Waals surface area contributed by atoms with E-state index in [2.05, 4.69) is 4.98 Å². The molecule has 1 heterocycles. The van der Waals surface area contributed by atoms with E-state index >= 15 is 0 Å². The molecule has 0 aliphatic carbocycles. The van der Waals surface area contributed by atoms with E-state index in [1.165, 1.54) is 11.3 Å². The molecule has 0 spiro atoms. The topological polar surface area (TPSA) is 65.2 Å². The van der Waals surface area contributed by atoms with Gasteiger partial charge in [0.25, 0.3) is 0 Å². The molecule has 0 bridgehead atoms. The van der Waals surface area contributed by atoms with Gasteiger partial charge in [0, 0.05) is 22.8 Å². The Morgan fingerprint density at radius 1 is 1.53 bits per heavy atom. The molecule has 5 heteroatoms. The first-order valence-electron chi connectivity index (χ1n) is 5.19. The second-order valence-electron chi connectivity index (χ2n) is 3.36. The number of hydrogen-bond acceptors (Lipinski definition) is 5. The lowest BCUT2D eigenvalue weighted by molar-refractivity contribution is 0.0526. The summed E-state index contributed by atoms with van der Waals surface area (Å²) < 4.78 is 4.94. The Labute approximate surface area is 103 Å². The van der Waals surface area contributed by atoms with Crippen molar-refractivity contribution in [3.05, 3.63) is 35.3 Å². The quantitative estimate of drug-likeness (QED) is 0.669. The van der Waals surface area contributed by atoms with Crippen LogP contribution in [-0.4, -0.2) is 17.6 Å². The van der Waals surface area contributed by atoms with E-state index in [1.807, 2.05) is 5.38 Å². The van der Waals surface area contributed by atoms with E-state index in [1.54, 1.807) is 31.3 Å². The van der Waals surface area contributed by atoms with Crippen LogP contribution in [0, 0.1) is 0 Å². The van der Waals surface area contributed by atoms with Gasteiger partial charge in [-0.2, -0.15) is 0 Å². The predicted octanol–water partition coefficient (Wildman–Crippen LogP) is 2.57. The van der Waals surface area contributed by atoms with Crippen molar-refractivity contribution in [1.29, 1.82) is 0 Å². The molecule has 17 heavy (non-hydrogen) atoms. The molecular formula is C12H12N2O2S. The van der Waals surface area contributed by atoms with Crippen LogP contribution >= 0.6 is 11.3 Å². The lowest BCUT2D eigenvalue weighted by atomic mass is 10.1. The highest BCUT2D eigenvalue weighted by Crippen LogP contribution is 2.28. The molecule has 0 saturated heterocycles. The summed E-state index contributed by atoms with van der Waals surface area (Å²) in [6.45, 7) is 2.13. The fraction of sp³-hybridized carbons (Fsp3) is 0.167. The summed E-state index contributed by atoms with van der Waals surface area (Å²) in [7, 11) is 0. The number of nitrogens with zero attached hydrogens (tertiary/aromatic N) is 1. The largest absolute Gasteiger partial charge is 0.462 e. The second-order valence-corrected chi connectivity index (χ2v) is 4.25. The summed E-state index contributed by atoms with van der Waals surface area (Å²) in [4.78, 5) is 15.8. The summed E-state index contributed by atoms with van der Waals surface area (Å²) in [5.74, 6) is -0.342. The summed E-state index contributed by atoms with van der Waals surface area (Å²) in [6, 6.07) is 5.07. The van der Waals surface area contributed by atoms with Crippen LogP contribution in [-0.2, 0) is 4.74 Å². The minimum Gasteiger partial charge on any atom is -0.462 e. The van der Waals surface area contributed by atoms with Gasteiger partial charge in [-0.1, -0.05) is 0 Å². The highest BCUT2D eigenvalue weighted by atomic mass is 32.1. The minimum absolute atomic E-state index is 0.342. The standard InChI is InChI=1S/C12H12N2O2S/c1-2-16-12(15)8-3-4-10(13)9(7-8)11-14-5-6-17-11/h3-7H,2,13H2,1H3. The number of aromatic nitrogens is 1. The molecule has 0 radical (unpaired) electrons. The van der Waals surface area contributed by atoms with Crippen molar-refractivity contribution >= 4 is 23.0 Å². The van der Waals surface area contributed by atoms with E-state index in [4.69, 9.17) is 10.5 Å². The molecule has 1 aromatic carbocycles. The number of carbonyl (C=O) groups is 1. The van der Waals surface area contributed by atoms with Crippen molar-refractivity contribution in [3.63, 3.8) is 0 Å². The fourth-order valence-electron chi connectivity index (χ4n) is 1.44. The van der Waals surface area contributed by atoms with Gasteiger partial charge < -0.3 is 10.5 Å². The van der Waals surface area contributed by atoms with Gasteiger partial charge in [-0.15, -0.1) is 11.3 Å². The molecule has 0 saturated carbocycles. The maximum atomic E-state index is 11.6. The number of ether oxygens (including phenoxy) is 1. The van der Waals surface area contributed by atoms with Crippen LogP contribution in [0.2, 0.25) is 0 Å². The third-order valence-corrected chi connectivity index (χ3v) is 3.03. The number of hydrogen-bond donors (Lipinski definition) is 1. The van der Waals surface area contributed by atoms with E-state index in [9.17, 15) is 4.79 Å². The third kappa shape index (κ3) is 2.45. The Morgan fingerprint density at radius 2 is 2.35 bits per heavy atom.